The fraction of sp³-hybridized carbons (Fsp3) is 0.714. The van der Waals surface area contributed by atoms with Gasteiger partial charge in [-0.2, -0.15) is 0 Å². The van der Waals surface area contributed by atoms with Crippen molar-refractivity contribution in [3.8, 4) is 5.88 Å². The highest BCUT2D eigenvalue weighted by atomic mass is 32.2. The fourth-order valence-electron chi connectivity index (χ4n) is 3.35. The lowest BCUT2D eigenvalue weighted by atomic mass is 9.84. The van der Waals surface area contributed by atoms with Gasteiger partial charge in [-0.15, -0.1) is 0 Å². The van der Waals surface area contributed by atoms with Crippen LogP contribution in [0.4, 0.5) is 5.82 Å². The van der Waals surface area contributed by atoms with Crippen LogP contribution in [0.5, 0.6) is 5.88 Å². The van der Waals surface area contributed by atoms with E-state index < -0.39 is 10.0 Å². The van der Waals surface area contributed by atoms with Crippen LogP contribution in [-0.4, -0.2) is 64.1 Å². The molecule has 0 aromatic carbocycles. The molecule has 0 amide bonds. The predicted molar refractivity (Wildman–Crippen MR) is 85.0 cm³/mol. The van der Waals surface area contributed by atoms with Gasteiger partial charge in [-0.25, -0.2) is 23.1 Å². The van der Waals surface area contributed by atoms with Crippen molar-refractivity contribution in [1.29, 1.82) is 0 Å². The zero-order chi connectivity index (χ0) is 16.4. The molecule has 0 spiro atoms. The maximum Gasteiger partial charge on any atom is 0.218 e. The number of ether oxygens (including phenoxy) is 2. The average Bonchev–Trinajstić information content (AvgIpc) is 2.94. The van der Waals surface area contributed by atoms with Gasteiger partial charge < -0.3 is 14.4 Å². The van der Waals surface area contributed by atoms with Crippen molar-refractivity contribution in [1.82, 2.24) is 14.7 Å². The van der Waals surface area contributed by atoms with Crippen LogP contribution in [0.25, 0.3) is 0 Å². The number of piperidine rings is 1. The van der Waals surface area contributed by atoms with Crippen LogP contribution >= 0.6 is 0 Å². The van der Waals surface area contributed by atoms with E-state index in [0.717, 1.165) is 25.3 Å². The van der Waals surface area contributed by atoms with Crippen molar-refractivity contribution in [2.45, 2.75) is 12.5 Å². The molecule has 3 atom stereocenters. The molecule has 2 saturated heterocycles. The Bertz CT molecular complexity index is 654. The summed E-state index contributed by atoms with van der Waals surface area (Å²) in [5.41, 5.74) is 0. The first-order valence-electron chi connectivity index (χ1n) is 7.63. The van der Waals surface area contributed by atoms with Crippen molar-refractivity contribution < 1.29 is 17.9 Å². The van der Waals surface area contributed by atoms with Crippen molar-refractivity contribution in [2.24, 2.45) is 11.8 Å². The standard InChI is InChI=1S/C14H22N4O4S/c1-21-14-5-13(15-9-16-14)18-4-3-11-10(7-18)8-22-12(11)6-17-23(2,19)20/h5,9-12,17H,3-4,6-8H2,1-2H3/t10-,11-,12-/m1/s1. The summed E-state index contributed by atoms with van der Waals surface area (Å²) in [4.78, 5) is 10.6. The Morgan fingerprint density at radius 2 is 2.30 bits per heavy atom. The molecule has 2 aliphatic rings. The third kappa shape index (κ3) is 3.91. The Morgan fingerprint density at radius 3 is 3.04 bits per heavy atom. The molecular weight excluding hydrogens is 320 g/mol. The van der Waals surface area contributed by atoms with Gasteiger partial charge in [0.25, 0.3) is 0 Å². The maximum atomic E-state index is 11.2. The van der Waals surface area contributed by atoms with Crippen LogP contribution in [0.15, 0.2) is 12.4 Å². The van der Waals surface area contributed by atoms with E-state index in [1.807, 2.05) is 6.07 Å². The zero-order valence-corrected chi connectivity index (χ0v) is 14.1. The van der Waals surface area contributed by atoms with Gasteiger partial charge in [0, 0.05) is 31.6 Å². The molecule has 2 fully saturated rings. The molecule has 128 valence electrons. The lowest BCUT2D eigenvalue weighted by Gasteiger charge is -2.36. The summed E-state index contributed by atoms with van der Waals surface area (Å²) in [5, 5.41) is 0. The summed E-state index contributed by atoms with van der Waals surface area (Å²) in [6, 6.07) is 1.83. The summed E-state index contributed by atoms with van der Waals surface area (Å²) in [5.74, 6) is 2.17. The molecule has 0 aliphatic carbocycles. The van der Waals surface area contributed by atoms with E-state index in [0.29, 0.717) is 30.9 Å². The van der Waals surface area contributed by atoms with Crippen LogP contribution in [0.2, 0.25) is 0 Å². The van der Waals surface area contributed by atoms with E-state index in [4.69, 9.17) is 9.47 Å². The van der Waals surface area contributed by atoms with E-state index in [2.05, 4.69) is 19.6 Å². The van der Waals surface area contributed by atoms with Crippen LogP contribution in [0.1, 0.15) is 6.42 Å². The second-order valence-corrected chi connectivity index (χ2v) is 7.90. The monoisotopic (exact) mass is 342 g/mol. The molecule has 8 nitrogen and oxygen atoms in total. The minimum Gasteiger partial charge on any atom is -0.481 e. The minimum absolute atomic E-state index is 0.0446. The Labute approximate surface area is 136 Å². The summed E-state index contributed by atoms with van der Waals surface area (Å²) in [6.45, 7) is 2.71. The van der Waals surface area contributed by atoms with Gasteiger partial charge in [0.2, 0.25) is 15.9 Å². The fourth-order valence-corrected chi connectivity index (χ4v) is 3.82. The highest BCUT2D eigenvalue weighted by Crippen LogP contribution is 2.35. The van der Waals surface area contributed by atoms with Crippen molar-refractivity contribution >= 4 is 15.8 Å². The first-order chi connectivity index (χ1) is 11.0. The highest BCUT2D eigenvalue weighted by molar-refractivity contribution is 7.88. The summed E-state index contributed by atoms with van der Waals surface area (Å²) in [6.07, 6.45) is 3.58. The van der Waals surface area contributed by atoms with Gasteiger partial charge >= 0.3 is 0 Å². The summed E-state index contributed by atoms with van der Waals surface area (Å²) < 4.78 is 36.0. The molecule has 0 bridgehead atoms. The minimum atomic E-state index is -3.18. The third-order valence-corrected chi connectivity index (χ3v) is 5.19. The van der Waals surface area contributed by atoms with Gasteiger partial charge in [-0.3, -0.25) is 0 Å². The van der Waals surface area contributed by atoms with E-state index in [9.17, 15) is 8.42 Å². The van der Waals surface area contributed by atoms with Gasteiger partial charge in [-0.05, 0) is 12.3 Å². The molecule has 0 radical (unpaired) electrons. The van der Waals surface area contributed by atoms with Crippen LogP contribution in [0, 0.1) is 11.8 Å². The van der Waals surface area contributed by atoms with Crippen molar-refractivity contribution in [3.05, 3.63) is 12.4 Å². The van der Waals surface area contributed by atoms with Crippen LogP contribution in [0.3, 0.4) is 0 Å². The second-order valence-electron chi connectivity index (χ2n) is 6.07. The Hall–Kier alpha value is -1.45. The van der Waals surface area contributed by atoms with E-state index in [-0.39, 0.29) is 6.10 Å². The lowest BCUT2D eigenvalue weighted by molar-refractivity contribution is 0.0930. The Kier molecular flexibility index (Phi) is 4.69. The molecule has 23 heavy (non-hydrogen) atoms. The Morgan fingerprint density at radius 1 is 1.48 bits per heavy atom. The van der Waals surface area contributed by atoms with Crippen LogP contribution < -0.4 is 14.4 Å². The second kappa shape index (κ2) is 6.58. The zero-order valence-electron chi connectivity index (χ0n) is 13.3. The number of methoxy groups -OCH3 is 1. The molecule has 1 aromatic rings. The summed E-state index contributed by atoms with van der Waals surface area (Å²) >= 11 is 0. The highest BCUT2D eigenvalue weighted by Gasteiger charge is 2.41. The van der Waals surface area contributed by atoms with E-state index >= 15 is 0 Å². The van der Waals surface area contributed by atoms with Gasteiger partial charge in [0.15, 0.2) is 0 Å². The lowest BCUT2D eigenvalue weighted by Crippen LogP contribution is -2.44. The first kappa shape index (κ1) is 16.4. The molecule has 3 rings (SSSR count). The number of hydrogen-bond donors (Lipinski definition) is 1. The molecule has 1 aromatic heterocycles. The SMILES string of the molecule is COc1cc(N2CC[C@@H]3[C@@H](CO[C@@H]3CNS(C)(=O)=O)C2)ncn1. The largest absolute Gasteiger partial charge is 0.481 e. The molecule has 3 heterocycles. The maximum absolute atomic E-state index is 11.2. The summed E-state index contributed by atoms with van der Waals surface area (Å²) in [7, 11) is -1.60. The topological polar surface area (TPSA) is 93.7 Å². The van der Waals surface area contributed by atoms with Crippen LogP contribution in [-0.2, 0) is 14.8 Å². The quantitative estimate of drug-likeness (QED) is 0.797. The predicted octanol–water partition coefficient (Wildman–Crippen LogP) is -0.124. The smallest absolute Gasteiger partial charge is 0.218 e. The molecule has 2 aliphatic heterocycles. The molecule has 0 saturated carbocycles. The third-order valence-electron chi connectivity index (χ3n) is 4.50. The number of fused-ring (bicyclic) bond motifs is 1. The van der Waals surface area contributed by atoms with Gasteiger partial charge in [0.05, 0.1) is 26.1 Å². The van der Waals surface area contributed by atoms with Gasteiger partial charge in [0.1, 0.15) is 12.1 Å². The van der Waals surface area contributed by atoms with Crippen molar-refractivity contribution in [2.75, 3.05) is 44.5 Å². The number of aromatic nitrogens is 2. The first-order valence-corrected chi connectivity index (χ1v) is 9.52. The number of nitrogens with zero attached hydrogens (tertiary/aromatic N) is 3. The number of hydrogen-bond acceptors (Lipinski definition) is 7. The number of nitrogens with one attached hydrogen (secondary N) is 1. The number of sulfonamides is 1. The molecular formula is C14H22N4O4S. The average molecular weight is 342 g/mol. The number of rotatable bonds is 5. The molecule has 1 N–H and O–H groups in total. The van der Waals surface area contributed by atoms with Crippen molar-refractivity contribution in [3.63, 3.8) is 0 Å². The molecule has 9 heteroatoms. The van der Waals surface area contributed by atoms with E-state index in [1.54, 1.807) is 7.11 Å². The van der Waals surface area contributed by atoms with E-state index in [1.165, 1.54) is 12.6 Å². The number of anilines is 1. The normalized spacial score (nSPS) is 27.7. The van der Waals surface area contributed by atoms with Gasteiger partial charge in [-0.1, -0.05) is 0 Å². The Balaban J connectivity index is 1.62. The molecule has 0 unspecified atom stereocenters.